The van der Waals surface area contributed by atoms with Gasteiger partial charge in [0.15, 0.2) is 22.5 Å². The lowest BCUT2D eigenvalue weighted by atomic mass is 9.86. The molecule has 1 aliphatic carbocycles. The molecule has 0 saturated heterocycles. The second-order valence-electron chi connectivity index (χ2n) is 8.43. The van der Waals surface area contributed by atoms with E-state index in [1.165, 1.54) is 24.2 Å². The average Bonchev–Trinajstić information content (AvgIpc) is 3.22. The highest BCUT2D eigenvalue weighted by Gasteiger charge is 2.27. The number of carbonyl (C=O) groups excluding carboxylic acids is 1. The molecule has 174 valence electrons. The highest BCUT2D eigenvalue weighted by Crippen LogP contribution is 2.28. The molecular weight excluding hydrogens is 439 g/mol. The van der Waals surface area contributed by atoms with Crippen molar-refractivity contribution in [3.63, 3.8) is 0 Å². The normalized spacial score (nSPS) is 19.1. The van der Waals surface area contributed by atoms with Crippen molar-refractivity contribution >= 4 is 17.7 Å². The van der Waals surface area contributed by atoms with Crippen LogP contribution in [-0.2, 0) is 11.4 Å². The van der Waals surface area contributed by atoms with E-state index in [4.69, 9.17) is 4.74 Å². The summed E-state index contributed by atoms with van der Waals surface area (Å²) in [6.45, 7) is 4.13. The Kier molecular flexibility index (Phi) is 7.65. The number of halogens is 1. The topological polar surface area (TPSA) is 69.0 Å². The molecule has 0 bridgehead atoms. The van der Waals surface area contributed by atoms with Gasteiger partial charge in [-0.1, -0.05) is 61.9 Å². The summed E-state index contributed by atoms with van der Waals surface area (Å²) in [5.41, 5.74) is 0.852. The molecule has 8 heteroatoms. The Morgan fingerprint density at radius 3 is 2.64 bits per heavy atom. The van der Waals surface area contributed by atoms with Crippen LogP contribution in [0.25, 0.3) is 5.69 Å². The molecular formula is C25H29FN4O2S. The van der Waals surface area contributed by atoms with Gasteiger partial charge in [0, 0.05) is 11.7 Å². The number of thioether (sulfide) groups is 1. The monoisotopic (exact) mass is 468 g/mol. The number of para-hydroxylation sites is 2. The summed E-state index contributed by atoms with van der Waals surface area (Å²) < 4.78 is 21.5. The number of ether oxygens (including phenoxy) is 1. The third-order valence-corrected chi connectivity index (χ3v) is 7.04. The highest BCUT2D eigenvalue weighted by molar-refractivity contribution is 8.00. The van der Waals surface area contributed by atoms with Gasteiger partial charge in [-0.15, -0.1) is 10.2 Å². The molecule has 0 aliphatic heterocycles. The predicted molar refractivity (Wildman–Crippen MR) is 127 cm³/mol. The second-order valence-corrected chi connectivity index (χ2v) is 9.73. The molecule has 1 aromatic heterocycles. The van der Waals surface area contributed by atoms with Crippen molar-refractivity contribution in [1.29, 1.82) is 0 Å². The summed E-state index contributed by atoms with van der Waals surface area (Å²) in [6, 6.07) is 16.1. The van der Waals surface area contributed by atoms with Crippen molar-refractivity contribution < 1.29 is 13.9 Å². The van der Waals surface area contributed by atoms with Crippen molar-refractivity contribution in [2.75, 3.05) is 0 Å². The second kappa shape index (κ2) is 10.8. The SMILES string of the molecule is CC(Sc1nnc(COc2ccccc2F)n1-c1ccccc1)C(=O)NC1CCCCC1C. The molecule has 2 aromatic carbocycles. The van der Waals surface area contributed by atoms with E-state index in [1.54, 1.807) is 18.2 Å². The van der Waals surface area contributed by atoms with Crippen molar-refractivity contribution in [2.24, 2.45) is 5.92 Å². The Bertz CT molecular complexity index is 1080. The van der Waals surface area contributed by atoms with E-state index in [0.29, 0.717) is 16.9 Å². The Hall–Kier alpha value is -2.87. The number of nitrogens with zero attached hydrogens (tertiary/aromatic N) is 3. The van der Waals surface area contributed by atoms with Crippen LogP contribution in [0.15, 0.2) is 59.8 Å². The zero-order valence-electron chi connectivity index (χ0n) is 18.9. The fourth-order valence-electron chi connectivity index (χ4n) is 4.05. The lowest BCUT2D eigenvalue weighted by molar-refractivity contribution is -0.121. The molecule has 1 amide bonds. The zero-order chi connectivity index (χ0) is 23.2. The summed E-state index contributed by atoms with van der Waals surface area (Å²) in [4.78, 5) is 12.9. The van der Waals surface area contributed by atoms with Crippen LogP contribution in [0, 0.1) is 11.7 Å². The molecule has 0 radical (unpaired) electrons. The van der Waals surface area contributed by atoms with E-state index in [2.05, 4.69) is 22.4 Å². The molecule has 0 spiro atoms. The van der Waals surface area contributed by atoms with Crippen molar-refractivity contribution in [3.8, 4) is 11.4 Å². The predicted octanol–water partition coefficient (Wildman–Crippen LogP) is 5.16. The summed E-state index contributed by atoms with van der Waals surface area (Å²) in [7, 11) is 0. The van der Waals surface area contributed by atoms with Crippen LogP contribution in [-0.4, -0.2) is 32.0 Å². The van der Waals surface area contributed by atoms with Crippen LogP contribution in [0.3, 0.4) is 0 Å². The van der Waals surface area contributed by atoms with Gasteiger partial charge < -0.3 is 10.1 Å². The van der Waals surface area contributed by atoms with Crippen molar-refractivity contribution in [3.05, 3.63) is 66.2 Å². The number of amides is 1. The average molecular weight is 469 g/mol. The van der Waals surface area contributed by atoms with Crippen molar-refractivity contribution in [2.45, 2.75) is 62.6 Å². The molecule has 33 heavy (non-hydrogen) atoms. The largest absolute Gasteiger partial charge is 0.483 e. The van der Waals surface area contributed by atoms with Crippen LogP contribution < -0.4 is 10.1 Å². The minimum absolute atomic E-state index is 0.00511. The third-order valence-electron chi connectivity index (χ3n) is 6.00. The number of hydrogen-bond donors (Lipinski definition) is 1. The van der Waals surface area contributed by atoms with Gasteiger partial charge in [-0.3, -0.25) is 9.36 Å². The summed E-state index contributed by atoms with van der Waals surface area (Å²) >= 11 is 1.36. The van der Waals surface area contributed by atoms with Gasteiger partial charge in [0.05, 0.1) is 5.25 Å². The van der Waals surface area contributed by atoms with Crippen LogP contribution in [0.1, 0.15) is 45.4 Å². The number of rotatable bonds is 8. The molecule has 3 unspecified atom stereocenters. The molecule has 1 N–H and O–H groups in total. The van der Waals surface area contributed by atoms with Gasteiger partial charge in [0.2, 0.25) is 5.91 Å². The fourth-order valence-corrected chi connectivity index (χ4v) is 4.95. The van der Waals surface area contributed by atoms with Gasteiger partial charge in [-0.25, -0.2) is 4.39 Å². The molecule has 1 aliphatic rings. The first-order chi connectivity index (χ1) is 16.0. The van der Waals surface area contributed by atoms with E-state index in [0.717, 1.165) is 24.9 Å². The first kappa shape index (κ1) is 23.3. The Morgan fingerprint density at radius 1 is 1.15 bits per heavy atom. The minimum Gasteiger partial charge on any atom is -0.483 e. The Labute approximate surface area is 197 Å². The quantitative estimate of drug-likeness (QED) is 0.463. The number of carbonyl (C=O) groups is 1. The molecule has 3 aromatic rings. The summed E-state index contributed by atoms with van der Waals surface area (Å²) in [5, 5.41) is 12.1. The first-order valence-corrected chi connectivity index (χ1v) is 12.2. The zero-order valence-corrected chi connectivity index (χ0v) is 19.7. The van der Waals surface area contributed by atoms with Gasteiger partial charge >= 0.3 is 0 Å². The van der Waals surface area contributed by atoms with Gasteiger partial charge in [0.25, 0.3) is 0 Å². The minimum atomic E-state index is -0.430. The van der Waals surface area contributed by atoms with Crippen LogP contribution in [0.2, 0.25) is 0 Å². The maximum Gasteiger partial charge on any atom is 0.233 e. The fraction of sp³-hybridized carbons (Fsp3) is 0.400. The standard InChI is InChI=1S/C25H29FN4O2S/c1-17-10-6-8-14-21(17)27-24(31)18(2)33-25-29-28-23(30(25)19-11-4-3-5-12-19)16-32-22-15-9-7-13-20(22)26/h3-5,7,9,11-13,15,17-18,21H,6,8,10,14,16H2,1-2H3,(H,27,31). The van der Waals surface area contributed by atoms with E-state index in [9.17, 15) is 9.18 Å². The molecule has 4 rings (SSSR count). The number of aromatic nitrogens is 3. The molecule has 1 fully saturated rings. The number of nitrogens with one attached hydrogen (secondary N) is 1. The highest BCUT2D eigenvalue weighted by atomic mass is 32.2. The summed E-state index contributed by atoms with van der Waals surface area (Å²) in [5.74, 6) is 0.754. The van der Waals surface area contributed by atoms with Crippen molar-refractivity contribution in [1.82, 2.24) is 20.1 Å². The first-order valence-electron chi connectivity index (χ1n) is 11.4. The Morgan fingerprint density at radius 2 is 1.88 bits per heavy atom. The van der Waals surface area contributed by atoms with E-state index >= 15 is 0 Å². The number of hydrogen-bond acceptors (Lipinski definition) is 5. The maximum absolute atomic E-state index is 14.0. The maximum atomic E-state index is 14.0. The smallest absolute Gasteiger partial charge is 0.233 e. The third kappa shape index (κ3) is 5.74. The lowest BCUT2D eigenvalue weighted by Gasteiger charge is -2.30. The van der Waals surface area contributed by atoms with Gasteiger partial charge in [-0.05, 0) is 49.9 Å². The lowest BCUT2D eigenvalue weighted by Crippen LogP contribution is -2.44. The van der Waals surface area contributed by atoms with E-state index < -0.39 is 5.82 Å². The van der Waals surface area contributed by atoms with Crippen LogP contribution in [0.5, 0.6) is 5.75 Å². The molecule has 1 heterocycles. The van der Waals surface area contributed by atoms with Gasteiger partial charge in [0.1, 0.15) is 6.61 Å². The van der Waals surface area contributed by atoms with E-state index in [-0.39, 0.29) is 29.6 Å². The van der Waals surface area contributed by atoms with E-state index in [1.807, 2.05) is 41.8 Å². The molecule has 3 atom stereocenters. The Balaban J connectivity index is 1.51. The molecule has 6 nitrogen and oxygen atoms in total. The van der Waals surface area contributed by atoms with Crippen LogP contribution in [0.4, 0.5) is 4.39 Å². The van der Waals surface area contributed by atoms with Gasteiger partial charge in [-0.2, -0.15) is 0 Å². The van der Waals surface area contributed by atoms with Crippen LogP contribution >= 0.6 is 11.8 Å². The molecule has 1 saturated carbocycles. The number of benzene rings is 2. The summed E-state index contributed by atoms with van der Waals surface area (Å²) in [6.07, 6.45) is 4.57.